The van der Waals surface area contributed by atoms with Crippen molar-refractivity contribution in [2.75, 3.05) is 26.2 Å². The average molecular weight is 300 g/mol. The molecule has 0 aliphatic carbocycles. The van der Waals surface area contributed by atoms with Gasteiger partial charge in [0.2, 0.25) is 0 Å². The summed E-state index contributed by atoms with van der Waals surface area (Å²) < 4.78 is 5.52. The largest absolute Gasteiger partial charge is 0.481 e. The average Bonchev–Trinajstić information content (AvgIpc) is 2.66. The normalized spacial score (nSPS) is 20.7. The van der Waals surface area contributed by atoms with Gasteiger partial charge in [-0.3, -0.25) is 4.79 Å². The summed E-state index contributed by atoms with van der Waals surface area (Å²) in [5, 5.41) is 11.6. The van der Waals surface area contributed by atoms with Crippen LogP contribution in [0.15, 0.2) is 0 Å². The van der Waals surface area contributed by atoms with Gasteiger partial charge in [-0.15, -0.1) is 0 Å². The van der Waals surface area contributed by atoms with Crippen molar-refractivity contribution in [3.8, 4) is 0 Å². The van der Waals surface area contributed by atoms with Crippen LogP contribution in [0.25, 0.3) is 0 Å². The molecule has 0 spiro atoms. The Morgan fingerprint density at radius 3 is 2.86 bits per heavy atom. The van der Waals surface area contributed by atoms with Crippen LogP contribution in [0.2, 0.25) is 0 Å². The minimum Gasteiger partial charge on any atom is -0.481 e. The molecule has 0 aromatic heterocycles. The van der Waals surface area contributed by atoms with Gasteiger partial charge in [-0.2, -0.15) is 0 Å². The first-order valence-electron chi connectivity index (χ1n) is 7.89. The van der Waals surface area contributed by atoms with E-state index in [2.05, 4.69) is 12.2 Å². The lowest BCUT2D eigenvalue weighted by Gasteiger charge is -2.23. The summed E-state index contributed by atoms with van der Waals surface area (Å²) in [6, 6.07) is -0.0413. The van der Waals surface area contributed by atoms with E-state index in [4.69, 9.17) is 9.84 Å². The predicted molar refractivity (Wildman–Crippen MR) is 80.3 cm³/mol. The topological polar surface area (TPSA) is 78.9 Å². The first kappa shape index (κ1) is 17.8. The van der Waals surface area contributed by atoms with E-state index in [1.165, 1.54) is 0 Å². The first-order valence-corrected chi connectivity index (χ1v) is 7.89. The van der Waals surface area contributed by atoms with Crippen molar-refractivity contribution in [1.29, 1.82) is 0 Å². The van der Waals surface area contributed by atoms with Gasteiger partial charge in [0.25, 0.3) is 0 Å². The Labute approximate surface area is 126 Å². The Kier molecular flexibility index (Phi) is 8.12. The Balaban J connectivity index is 2.26. The minimum absolute atomic E-state index is 0.0413. The number of ether oxygens (including phenoxy) is 1. The summed E-state index contributed by atoms with van der Waals surface area (Å²) in [6.07, 6.45) is 3.60. The molecule has 0 radical (unpaired) electrons. The number of carboxylic acids is 1. The number of nitrogens with one attached hydrogen (secondary N) is 1. The summed E-state index contributed by atoms with van der Waals surface area (Å²) in [7, 11) is 0. The molecule has 0 aromatic rings. The monoisotopic (exact) mass is 300 g/mol. The zero-order chi connectivity index (χ0) is 15.7. The molecule has 2 N–H and O–H groups in total. The third-order valence-electron chi connectivity index (χ3n) is 3.91. The van der Waals surface area contributed by atoms with Gasteiger partial charge in [0, 0.05) is 32.7 Å². The number of urea groups is 1. The number of carbonyl (C=O) groups is 2. The van der Waals surface area contributed by atoms with Crippen molar-refractivity contribution in [2.45, 2.75) is 52.1 Å². The van der Waals surface area contributed by atoms with Gasteiger partial charge in [-0.05, 0) is 32.1 Å². The lowest BCUT2D eigenvalue weighted by Crippen LogP contribution is -2.43. The maximum atomic E-state index is 12.1. The van der Waals surface area contributed by atoms with E-state index in [1.807, 2.05) is 6.92 Å². The van der Waals surface area contributed by atoms with Crippen molar-refractivity contribution in [3.05, 3.63) is 0 Å². The molecule has 1 heterocycles. The van der Waals surface area contributed by atoms with Crippen molar-refractivity contribution in [3.63, 3.8) is 0 Å². The quantitative estimate of drug-likeness (QED) is 0.754. The standard InChI is InChI=1S/C15H28N2O4/c1-3-13(5-6-14(18)19)7-8-16-15(20)17-9-4-10-21-12(2)11-17/h12-13H,3-11H2,1-2H3,(H,16,20)(H,18,19). The maximum absolute atomic E-state index is 12.1. The second-order valence-corrected chi connectivity index (χ2v) is 5.71. The lowest BCUT2D eigenvalue weighted by atomic mass is 9.97. The highest BCUT2D eigenvalue weighted by Gasteiger charge is 2.19. The highest BCUT2D eigenvalue weighted by molar-refractivity contribution is 5.74. The molecule has 2 unspecified atom stereocenters. The molecule has 0 aromatic carbocycles. The van der Waals surface area contributed by atoms with E-state index in [-0.39, 0.29) is 18.6 Å². The molecule has 1 aliphatic rings. The van der Waals surface area contributed by atoms with E-state index < -0.39 is 5.97 Å². The molecule has 0 bridgehead atoms. The van der Waals surface area contributed by atoms with Gasteiger partial charge in [0.05, 0.1) is 6.10 Å². The van der Waals surface area contributed by atoms with Gasteiger partial charge in [0.15, 0.2) is 0 Å². The molecule has 1 aliphatic heterocycles. The van der Waals surface area contributed by atoms with E-state index in [9.17, 15) is 9.59 Å². The van der Waals surface area contributed by atoms with Crippen molar-refractivity contribution in [2.24, 2.45) is 5.92 Å². The third kappa shape index (κ3) is 7.32. The molecular formula is C15H28N2O4. The minimum atomic E-state index is -0.754. The summed E-state index contributed by atoms with van der Waals surface area (Å²) in [5.74, 6) is -0.399. The highest BCUT2D eigenvalue weighted by Crippen LogP contribution is 2.14. The van der Waals surface area contributed by atoms with Crippen LogP contribution in [0.5, 0.6) is 0 Å². The molecule has 21 heavy (non-hydrogen) atoms. The van der Waals surface area contributed by atoms with Gasteiger partial charge in [0.1, 0.15) is 0 Å². The first-order chi connectivity index (χ1) is 10.0. The fourth-order valence-electron chi connectivity index (χ4n) is 2.55. The Morgan fingerprint density at radius 1 is 1.43 bits per heavy atom. The molecule has 1 rings (SSSR count). The number of carbonyl (C=O) groups excluding carboxylic acids is 1. The fraction of sp³-hybridized carbons (Fsp3) is 0.867. The van der Waals surface area contributed by atoms with Gasteiger partial charge in [-0.25, -0.2) is 4.79 Å². The number of hydrogen-bond acceptors (Lipinski definition) is 3. The Bertz CT molecular complexity index is 336. The number of carboxylic acid groups (broad SMARTS) is 1. The molecule has 6 nitrogen and oxygen atoms in total. The van der Waals surface area contributed by atoms with Crippen LogP contribution in [0, 0.1) is 5.92 Å². The smallest absolute Gasteiger partial charge is 0.317 e. The SMILES string of the molecule is CCC(CCNC(=O)N1CCCOC(C)C1)CCC(=O)O. The number of aliphatic carboxylic acids is 1. The Morgan fingerprint density at radius 2 is 2.19 bits per heavy atom. The molecule has 0 saturated carbocycles. The zero-order valence-corrected chi connectivity index (χ0v) is 13.1. The van der Waals surface area contributed by atoms with Crippen LogP contribution in [-0.4, -0.2) is 54.4 Å². The highest BCUT2D eigenvalue weighted by atomic mass is 16.5. The van der Waals surface area contributed by atoms with E-state index in [1.54, 1.807) is 4.90 Å². The van der Waals surface area contributed by atoms with Crippen molar-refractivity contribution >= 4 is 12.0 Å². The van der Waals surface area contributed by atoms with Gasteiger partial charge in [-0.1, -0.05) is 13.3 Å². The number of amides is 2. The van der Waals surface area contributed by atoms with E-state index >= 15 is 0 Å². The maximum Gasteiger partial charge on any atom is 0.317 e. The van der Waals surface area contributed by atoms with Gasteiger partial charge < -0.3 is 20.1 Å². The summed E-state index contributed by atoms with van der Waals surface area (Å²) in [5.41, 5.74) is 0. The number of hydrogen-bond donors (Lipinski definition) is 2. The molecule has 2 atom stereocenters. The molecule has 1 fully saturated rings. The molecule has 6 heteroatoms. The van der Waals surface area contributed by atoms with Crippen LogP contribution >= 0.6 is 0 Å². The van der Waals surface area contributed by atoms with Gasteiger partial charge >= 0.3 is 12.0 Å². The molecular weight excluding hydrogens is 272 g/mol. The number of nitrogens with zero attached hydrogens (tertiary/aromatic N) is 1. The molecule has 2 amide bonds. The van der Waals surface area contributed by atoms with E-state index in [0.29, 0.717) is 32.0 Å². The summed E-state index contributed by atoms with van der Waals surface area (Å²) in [4.78, 5) is 24.5. The molecule has 122 valence electrons. The second-order valence-electron chi connectivity index (χ2n) is 5.71. The van der Waals surface area contributed by atoms with Crippen molar-refractivity contribution in [1.82, 2.24) is 10.2 Å². The van der Waals surface area contributed by atoms with Crippen LogP contribution in [0.4, 0.5) is 4.79 Å². The third-order valence-corrected chi connectivity index (χ3v) is 3.91. The zero-order valence-electron chi connectivity index (χ0n) is 13.1. The number of rotatable bonds is 7. The summed E-state index contributed by atoms with van der Waals surface area (Å²) in [6.45, 7) is 6.70. The Hall–Kier alpha value is -1.30. The molecule has 1 saturated heterocycles. The van der Waals surface area contributed by atoms with Crippen LogP contribution < -0.4 is 5.32 Å². The van der Waals surface area contributed by atoms with Crippen LogP contribution in [-0.2, 0) is 9.53 Å². The van der Waals surface area contributed by atoms with Crippen molar-refractivity contribution < 1.29 is 19.4 Å². The van der Waals surface area contributed by atoms with Crippen LogP contribution in [0.3, 0.4) is 0 Å². The summed E-state index contributed by atoms with van der Waals surface area (Å²) >= 11 is 0. The van der Waals surface area contributed by atoms with Crippen LogP contribution in [0.1, 0.15) is 46.0 Å². The predicted octanol–water partition coefficient (Wildman–Crippen LogP) is 2.09. The second kappa shape index (κ2) is 9.60. The lowest BCUT2D eigenvalue weighted by molar-refractivity contribution is -0.137. The fourth-order valence-corrected chi connectivity index (χ4v) is 2.55. The van der Waals surface area contributed by atoms with E-state index in [0.717, 1.165) is 25.8 Å².